The molecule has 0 bridgehead atoms. The maximum absolute atomic E-state index is 13.0. The lowest BCUT2D eigenvalue weighted by molar-refractivity contribution is -0.127. The summed E-state index contributed by atoms with van der Waals surface area (Å²) in [7, 11) is 0. The third kappa shape index (κ3) is 2.25. The van der Waals surface area contributed by atoms with E-state index in [1.807, 2.05) is 12.1 Å². The van der Waals surface area contributed by atoms with E-state index in [1.54, 1.807) is 0 Å². The third-order valence-corrected chi connectivity index (χ3v) is 5.65. The van der Waals surface area contributed by atoms with Crippen LogP contribution in [0.4, 0.5) is 5.69 Å². The zero-order chi connectivity index (χ0) is 14.3. The maximum atomic E-state index is 13.0. The number of hydrogen-bond donors (Lipinski definition) is 1. The van der Waals surface area contributed by atoms with Gasteiger partial charge in [0.25, 0.3) is 0 Å². The summed E-state index contributed by atoms with van der Waals surface area (Å²) in [5.74, 6) is 2.23. The SMILES string of the molecule is CC1CCC(C(=O)C2(c3ccc(N)cc3)CC2)CC1C. The Morgan fingerprint density at radius 1 is 1.10 bits per heavy atom. The molecule has 1 aromatic carbocycles. The number of hydrogen-bond acceptors (Lipinski definition) is 2. The molecule has 2 fully saturated rings. The fourth-order valence-electron chi connectivity index (χ4n) is 3.78. The molecule has 0 radical (unpaired) electrons. The fraction of sp³-hybridized carbons (Fsp3) is 0.611. The van der Waals surface area contributed by atoms with Gasteiger partial charge in [-0.25, -0.2) is 0 Å². The van der Waals surface area contributed by atoms with Gasteiger partial charge in [-0.3, -0.25) is 4.79 Å². The van der Waals surface area contributed by atoms with Gasteiger partial charge in [0.1, 0.15) is 5.78 Å². The van der Waals surface area contributed by atoms with Crippen LogP contribution in [0.15, 0.2) is 24.3 Å². The Morgan fingerprint density at radius 2 is 1.75 bits per heavy atom. The van der Waals surface area contributed by atoms with Crippen LogP contribution in [0.2, 0.25) is 0 Å². The van der Waals surface area contributed by atoms with Crippen LogP contribution >= 0.6 is 0 Å². The minimum Gasteiger partial charge on any atom is -0.399 e. The summed E-state index contributed by atoms with van der Waals surface area (Å²) in [5.41, 5.74) is 7.55. The van der Waals surface area contributed by atoms with E-state index in [0.29, 0.717) is 11.7 Å². The van der Waals surface area contributed by atoms with Crippen molar-refractivity contribution in [2.24, 2.45) is 17.8 Å². The quantitative estimate of drug-likeness (QED) is 0.846. The van der Waals surface area contributed by atoms with Gasteiger partial charge in [0.2, 0.25) is 0 Å². The van der Waals surface area contributed by atoms with Crippen LogP contribution < -0.4 is 5.73 Å². The van der Waals surface area contributed by atoms with Gasteiger partial charge in [0.15, 0.2) is 0 Å². The lowest BCUT2D eigenvalue weighted by Crippen LogP contribution is -2.33. The van der Waals surface area contributed by atoms with Crippen LogP contribution in [0.5, 0.6) is 0 Å². The van der Waals surface area contributed by atoms with Gasteiger partial charge in [0.05, 0.1) is 5.41 Å². The molecule has 0 amide bonds. The van der Waals surface area contributed by atoms with E-state index in [2.05, 4.69) is 26.0 Å². The number of rotatable bonds is 3. The van der Waals surface area contributed by atoms with Crippen molar-refractivity contribution in [2.45, 2.75) is 51.4 Å². The number of carbonyl (C=O) groups excluding carboxylic acids is 1. The number of anilines is 1. The Kier molecular flexibility index (Phi) is 3.35. The molecule has 1 aromatic rings. The lowest BCUT2D eigenvalue weighted by Gasteiger charge is -2.33. The molecule has 2 saturated carbocycles. The predicted octanol–water partition coefficient (Wildman–Crippen LogP) is 3.94. The van der Waals surface area contributed by atoms with E-state index >= 15 is 0 Å². The molecule has 0 aliphatic heterocycles. The first-order valence-corrected chi connectivity index (χ1v) is 7.93. The molecule has 2 aliphatic carbocycles. The first kappa shape index (κ1) is 13.7. The second-order valence-corrected chi connectivity index (χ2v) is 7.03. The van der Waals surface area contributed by atoms with Gasteiger partial charge in [-0.1, -0.05) is 26.0 Å². The predicted molar refractivity (Wildman–Crippen MR) is 82.4 cm³/mol. The summed E-state index contributed by atoms with van der Waals surface area (Å²) in [5, 5.41) is 0. The highest BCUT2D eigenvalue weighted by Crippen LogP contribution is 2.52. The number of ketones is 1. The molecule has 2 heteroatoms. The number of nitrogen functional groups attached to an aromatic ring is 1. The molecule has 108 valence electrons. The topological polar surface area (TPSA) is 43.1 Å². The lowest BCUT2D eigenvalue weighted by atomic mass is 9.71. The van der Waals surface area contributed by atoms with Gasteiger partial charge in [-0.2, -0.15) is 0 Å². The average Bonchev–Trinajstić information content (AvgIpc) is 3.23. The monoisotopic (exact) mass is 271 g/mol. The summed E-state index contributed by atoms with van der Waals surface area (Å²) in [6, 6.07) is 7.95. The van der Waals surface area contributed by atoms with Crippen molar-refractivity contribution in [3.8, 4) is 0 Å². The van der Waals surface area contributed by atoms with E-state index in [4.69, 9.17) is 5.73 Å². The van der Waals surface area contributed by atoms with E-state index in [0.717, 1.165) is 37.3 Å². The molecular weight excluding hydrogens is 246 g/mol. The minimum atomic E-state index is -0.168. The van der Waals surface area contributed by atoms with Crippen molar-refractivity contribution in [3.63, 3.8) is 0 Å². The van der Waals surface area contributed by atoms with Gasteiger partial charge >= 0.3 is 0 Å². The summed E-state index contributed by atoms with van der Waals surface area (Å²) in [6.07, 6.45) is 5.42. The van der Waals surface area contributed by atoms with E-state index < -0.39 is 0 Å². The van der Waals surface area contributed by atoms with Crippen LogP contribution in [-0.4, -0.2) is 5.78 Å². The number of benzene rings is 1. The molecule has 20 heavy (non-hydrogen) atoms. The normalized spacial score (nSPS) is 31.8. The third-order valence-electron chi connectivity index (χ3n) is 5.65. The molecule has 3 rings (SSSR count). The standard InChI is InChI=1S/C18H25NO/c1-12-3-4-14(11-13(12)2)17(20)18(9-10-18)15-5-7-16(19)8-6-15/h5-8,12-14H,3-4,9-11,19H2,1-2H3. The maximum Gasteiger partial charge on any atom is 0.146 e. The Balaban J connectivity index is 1.78. The van der Waals surface area contributed by atoms with Crippen LogP contribution in [-0.2, 0) is 10.2 Å². The molecule has 0 aromatic heterocycles. The molecule has 0 heterocycles. The molecule has 0 saturated heterocycles. The van der Waals surface area contributed by atoms with Crippen LogP contribution in [0.3, 0.4) is 0 Å². The molecule has 3 atom stereocenters. The molecular formula is C18H25NO. The zero-order valence-corrected chi connectivity index (χ0v) is 12.6. The number of Topliss-reactive ketones (excluding diaryl/α,β-unsaturated/α-hetero) is 1. The van der Waals surface area contributed by atoms with Crippen LogP contribution in [0, 0.1) is 17.8 Å². The van der Waals surface area contributed by atoms with Gasteiger partial charge in [-0.15, -0.1) is 0 Å². The minimum absolute atomic E-state index is 0.168. The van der Waals surface area contributed by atoms with E-state index in [-0.39, 0.29) is 11.3 Å². The Morgan fingerprint density at radius 3 is 2.30 bits per heavy atom. The van der Waals surface area contributed by atoms with Crippen LogP contribution in [0.1, 0.15) is 51.5 Å². The van der Waals surface area contributed by atoms with Gasteiger partial charge < -0.3 is 5.73 Å². The average molecular weight is 271 g/mol. The largest absolute Gasteiger partial charge is 0.399 e. The number of nitrogens with two attached hydrogens (primary N) is 1. The Bertz CT molecular complexity index is 501. The molecule has 2 nitrogen and oxygen atoms in total. The Hall–Kier alpha value is -1.31. The molecule has 2 N–H and O–H groups in total. The van der Waals surface area contributed by atoms with Crippen molar-refractivity contribution in [3.05, 3.63) is 29.8 Å². The van der Waals surface area contributed by atoms with Crippen molar-refractivity contribution < 1.29 is 4.79 Å². The second-order valence-electron chi connectivity index (χ2n) is 7.03. The van der Waals surface area contributed by atoms with Crippen LogP contribution in [0.25, 0.3) is 0 Å². The van der Waals surface area contributed by atoms with Crippen molar-refractivity contribution in [1.82, 2.24) is 0 Å². The Labute approximate surface area is 121 Å². The second kappa shape index (κ2) is 4.91. The van der Waals surface area contributed by atoms with E-state index in [9.17, 15) is 4.79 Å². The van der Waals surface area contributed by atoms with E-state index in [1.165, 1.54) is 12.0 Å². The summed E-state index contributed by atoms with van der Waals surface area (Å²) >= 11 is 0. The van der Waals surface area contributed by atoms with Crippen molar-refractivity contribution >= 4 is 11.5 Å². The first-order valence-electron chi connectivity index (χ1n) is 7.93. The van der Waals surface area contributed by atoms with Crippen molar-refractivity contribution in [2.75, 3.05) is 5.73 Å². The van der Waals surface area contributed by atoms with Crippen molar-refractivity contribution in [1.29, 1.82) is 0 Å². The molecule has 0 spiro atoms. The highest BCUT2D eigenvalue weighted by molar-refractivity contribution is 5.95. The highest BCUT2D eigenvalue weighted by Gasteiger charge is 2.53. The molecule has 3 unspecified atom stereocenters. The smallest absolute Gasteiger partial charge is 0.146 e. The van der Waals surface area contributed by atoms with Gasteiger partial charge in [-0.05, 0) is 61.6 Å². The summed E-state index contributed by atoms with van der Waals surface area (Å²) in [6.45, 7) is 4.62. The summed E-state index contributed by atoms with van der Waals surface area (Å²) in [4.78, 5) is 13.0. The zero-order valence-electron chi connectivity index (χ0n) is 12.6. The number of carbonyl (C=O) groups is 1. The summed E-state index contributed by atoms with van der Waals surface area (Å²) < 4.78 is 0. The first-order chi connectivity index (χ1) is 9.53. The fourth-order valence-corrected chi connectivity index (χ4v) is 3.78. The highest BCUT2D eigenvalue weighted by atomic mass is 16.1. The molecule has 2 aliphatic rings. The van der Waals surface area contributed by atoms with Gasteiger partial charge in [0, 0.05) is 11.6 Å².